The summed E-state index contributed by atoms with van der Waals surface area (Å²) in [6.45, 7) is 7.15. The van der Waals surface area contributed by atoms with E-state index in [0.29, 0.717) is 25.0 Å². The Labute approximate surface area is 196 Å². The van der Waals surface area contributed by atoms with Crippen molar-refractivity contribution in [2.24, 2.45) is 0 Å². The van der Waals surface area contributed by atoms with Gasteiger partial charge in [-0.15, -0.1) is 0 Å². The molecule has 1 atom stereocenters. The highest BCUT2D eigenvalue weighted by Crippen LogP contribution is 2.20. The summed E-state index contributed by atoms with van der Waals surface area (Å²) in [6.07, 6.45) is 6.32. The van der Waals surface area contributed by atoms with Gasteiger partial charge in [0.05, 0.1) is 5.69 Å². The molecule has 2 heterocycles. The zero-order valence-electron chi connectivity index (χ0n) is 19.4. The fourth-order valence-electron chi connectivity index (χ4n) is 4.39. The summed E-state index contributed by atoms with van der Waals surface area (Å²) in [5, 5.41) is 6.86. The van der Waals surface area contributed by atoms with Crippen LogP contribution in [0.3, 0.4) is 0 Å². The highest BCUT2D eigenvalue weighted by Gasteiger charge is 2.15. The molecule has 1 aliphatic heterocycles. The van der Waals surface area contributed by atoms with E-state index in [4.69, 9.17) is 4.98 Å². The van der Waals surface area contributed by atoms with Gasteiger partial charge in [0.2, 0.25) is 5.95 Å². The van der Waals surface area contributed by atoms with Crippen LogP contribution in [0.1, 0.15) is 37.3 Å². The first-order valence-electron chi connectivity index (χ1n) is 12.1. The predicted octanol–water partition coefficient (Wildman–Crippen LogP) is 4.90. The third-order valence-corrected chi connectivity index (χ3v) is 6.27. The van der Waals surface area contributed by atoms with Gasteiger partial charge in [0, 0.05) is 30.9 Å². The van der Waals surface area contributed by atoms with Crippen LogP contribution in [0, 0.1) is 5.82 Å². The van der Waals surface area contributed by atoms with E-state index < -0.39 is 0 Å². The van der Waals surface area contributed by atoms with Crippen LogP contribution in [0.5, 0.6) is 0 Å². The Kier molecular flexibility index (Phi) is 8.39. The monoisotopic (exact) mass is 447 g/mol. The van der Waals surface area contributed by atoms with Crippen molar-refractivity contribution < 1.29 is 4.39 Å². The highest BCUT2D eigenvalue weighted by molar-refractivity contribution is 5.60. The molecule has 2 N–H and O–H groups in total. The van der Waals surface area contributed by atoms with Gasteiger partial charge >= 0.3 is 0 Å². The van der Waals surface area contributed by atoms with Crippen LogP contribution in [0.25, 0.3) is 11.3 Å². The Bertz CT molecular complexity index is 1020. The summed E-state index contributed by atoms with van der Waals surface area (Å²) >= 11 is 0. The second-order valence-corrected chi connectivity index (χ2v) is 8.72. The molecule has 6 heteroatoms. The lowest BCUT2D eigenvalue weighted by Crippen LogP contribution is -2.30. The largest absolute Gasteiger partial charge is 0.354 e. The molecule has 5 nitrogen and oxygen atoms in total. The van der Waals surface area contributed by atoms with Gasteiger partial charge in [-0.25, -0.2) is 14.4 Å². The van der Waals surface area contributed by atoms with Crippen LogP contribution in [0.2, 0.25) is 0 Å². The maximum Gasteiger partial charge on any atom is 0.223 e. The molecule has 0 amide bonds. The minimum Gasteiger partial charge on any atom is -0.354 e. The molecule has 33 heavy (non-hydrogen) atoms. The highest BCUT2D eigenvalue weighted by atomic mass is 19.1. The lowest BCUT2D eigenvalue weighted by molar-refractivity contribution is 0.264. The number of anilines is 1. The summed E-state index contributed by atoms with van der Waals surface area (Å²) in [5.41, 5.74) is 4.25. The quantitative estimate of drug-likeness (QED) is 0.438. The molecule has 1 saturated heterocycles. The van der Waals surface area contributed by atoms with E-state index in [1.54, 1.807) is 18.3 Å². The Hall–Kier alpha value is -2.83. The van der Waals surface area contributed by atoms with E-state index in [1.165, 1.54) is 37.4 Å². The van der Waals surface area contributed by atoms with Crippen molar-refractivity contribution in [1.82, 2.24) is 20.2 Å². The summed E-state index contributed by atoms with van der Waals surface area (Å²) in [6, 6.07) is 17.9. The molecule has 1 unspecified atom stereocenters. The number of aromatic nitrogens is 2. The van der Waals surface area contributed by atoms with Gasteiger partial charge in [-0.1, -0.05) is 37.3 Å². The van der Waals surface area contributed by atoms with Gasteiger partial charge in [-0.05, 0) is 80.7 Å². The van der Waals surface area contributed by atoms with Gasteiger partial charge in [0.1, 0.15) is 5.82 Å². The minimum absolute atomic E-state index is 0.206. The first-order chi connectivity index (χ1) is 16.2. The molecular weight excluding hydrogens is 413 g/mol. The molecule has 0 aliphatic carbocycles. The van der Waals surface area contributed by atoms with Gasteiger partial charge in [-0.3, -0.25) is 4.90 Å². The third kappa shape index (κ3) is 7.07. The fraction of sp³-hybridized carbons (Fsp3) is 0.407. The Balaban J connectivity index is 1.35. The number of nitrogens with zero attached hydrogens (tertiary/aromatic N) is 3. The molecule has 0 radical (unpaired) electrons. The summed E-state index contributed by atoms with van der Waals surface area (Å²) < 4.78 is 13.4. The summed E-state index contributed by atoms with van der Waals surface area (Å²) in [7, 11) is 0. The molecular formula is C27H34FN5. The number of hydrogen-bond acceptors (Lipinski definition) is 5. The van der Waals surface area contributed by atoms with Gasteiger partial charge < -0.3 is 10.6 Å². The Morgan fingerprint density at radius 1 is 1.12 bits per heavy atom. The Morgan fingerprint density at radius 2 is 2.00 bits per heavy atom. The number of benzene rings is 2. The average Bonchev–Trinajstić information content (AvgIpc) is 3.36. The van der Waals surface area contributed by atoms with Crippen LogP contribution >= 0.6 is 0 Å². The second-order valence-electron chi connectivity index (χ2n) is 8.72. The maximum absolute atomic E-state index is 13.4. The molecule has 0 saturated carbocycles. The number of halogens is 1. The van der Waals surface area contributed by atoms with E-state index >= 15 is 0 Å². The molecule has 1 fully saturated rings. The lowest BCUT2D eigenvalue weighted by Gasteiger charge is -2.22. The van der Waals surface area contributed by atoms with E-state index in [9.17, 15) is 4.39 Å². The normalized spacial score (nSPS) is 15.8. The van der Waals surface area contributed by atoms with Crippen LogP contribution in [-0.2, 0) is 13.0 Å². The lowest BCUT2D eigenvalue weighted by atomic mass is 10.1. The molecule has 174 valence electrons. The van der Waals surface area contributed by atoms with Gasteiger partial charge in [-0.2, -0.15) is 0 Å². The van der Waals surface area contributed by atoms with Crippen molar-refractivity contribution in [1.29, 1.82) is 0 Å². The van der Waals surface area contributed by atoms with E-state index in [1.807, 2.05) is 12.1 Å². The average molecular weight is 448 g/mol. The van der Waals surface area contributed by atoms with E-state index in [-0.39, 0.29) is 5.82 Å². The maximum atomic E-state index is 13.4. The van der Waals surface area contributed by atoms with Crippen LogP contribution < -0.4 is 10.6 Å². The first-order valence-corrected chi connectivity index (χ1v) is 12.1. The van der Waals surface area contributed by atoms with Crippen LogP contribution in [-0.4, -0.2) is 47.1 Å². The number of nitrogens with one attached hydrogen (secondary N) is 2. The van der Waals surface area contributed by atoms with Crippen molar-refractivity contribution in [3.63, 3.8) is 0 Å². The summed E-state index contributed by atoms with van der Waals surface area (Å²) in [5.74, 6) is 0.385. The van der Waals surface area contributed by atoms with Crippen molar-refractivity contribution in [2.45, 2.75) is 45.2 Å². The molecule has 0 bridgehead atoms. The fourth-order valence-corrected chi connectivity index (χ4v) is 4.39. The van der Waals surface area contributed by atoms with E-state index in [0.717, 1.165) is 36.5 Å². The number of hydrogen-bond donors (Lipinski definition) is 2. The molecule has 3 aromatic rings. The van der Waals surface area contributed by atoms with E-state index in [2.05, 4.69) is 51.7 Å². The molecule has 4 rings (SSSR count). The zero-order valence-corrected chi connectivity index (χ0v) is 19.4. The first kappa shape index (κ1) is 23.3. The third-order valence-electron chi connectivity index (χ3n) is 6.27. The molecule has 1 aliphatic rings. The topological polar surface area (TPSA) is 53.1 Å². The van der Waals surface area contributed by atoms with Crippen molar-refractivity contribution in [3.8, 4) is 11.3 Å². The van der Waals surface area contributed by atoms with Crippen LogP contribution in [0.4, 0.5) is 10.3 Å². The molecule has 2 aromatic carbocycles. The summed E-state index contributed by atoms with van der Waals surface area (Å²) in [4.78, 5) is 11.6. The zero-order chi connectivity index (χ0) is 22.9. The van der Waals surface area contributed by atoms with Crippen molar-refractivity contribution in [3.05, 3.63) is 77.7 Å². The van der Waals surface area contributed by atoms with Crippen LogP contribution in [0.15, 0.2) is 60.8 Å². The van der Waals surface area contributed by atoms with Gasteiger partial charge in [0.15, 0.2) is 0 Å². The Morgan fingerprint density at radius 3 is 2.82 bits per heavy atom. The van der Waals surface area contributed by atoms with Gasteiger partial charge in [0.25, 0.3) is 0 Å². The van der Waals surface area contributed by atoms with Crippen molar-refractivity contribution >= 4 is 5.95 Å². The minimum atomic E-state index is -0.206. The smallest absolute Gasteiger partial charge is 0.223 e. The SMILES string of the molecule is CCN(CCC1CCCN1)Cc1cccc(-c2ccnc(NCCc3cccc(F)c3)n2)c1. The molecule has 1 aromatic heterocycles. The standard InChI is InChI=1S/C27H34FN5/c1-2-33(17-13-25-10-5-14-29-25)20-22-7-3-8-23(18-22)26-12-16-31-27(32-26)30-15-11-21-6-4-9-24(28)19-21/h3-4,6-9,12,16,18-19,25,29H,2,5,10-11,13-15,17,20H2,1H3,(H,30,31,32). The second kappa shape index (κ2) is 11.9. The number of rotatable bonds is 11. The molecule has 0 spiro atoms. The van der Waals surface area contributed by atoms with Crippen molar-refractivity contribution in [2.75, 3.05) is 31.5 Å². The predicted molar refractivity (Wildman–Crippen MR) is 133 cm³/mol.